The summed E-state index contributed by atoms with van der Waals surface area (Å²) in [6.45, 7) is 4.47. The SMILES string of the molecule is CC(C)C(CNS(=O)(=O)c1ccc(S(C)(=O)=O)cc1)Cc1ccccc1. The molecule has 0 saturated carbocycles. The van der Waals surface area contributed by atoms with Gasteiger partial charge >= 0.3 is 0 Å². The average Bonchev–Trinajstić information content (AvgIpc) is 2.58. The Bertz CT molecular complexity index is 919. The van der Waals surface area contributed by atoms with Gasteiger partial charge in [-0.1, -0.05) is 44.2 Å². The van der Waals surface area contributed by atoms with Crippen LogP contribution in [0.3, 0.4) is 0 Å². The van der Waals surface area contributed by atoms with Gasteiger partial charge < -0.3 is 0 Å². The molecule has 0 radical (unpaired) electrons. The largest absolute Gasteiger partial charge is 0.240 e. The molecule has 0 saturated heterocycles. The van der Waals surface area contributed by atoms with E-state index in [1.165, 1.54) is 29.8 Å². The Morgan fingerprint density at radius 1 is 0.846 bits per heavy atom. The third-order valence-electron chi connectivity index (χ3n) is 4.38. The minimum absolute atomic E-state index is 0.0621. The standard InChI is InChI=1S/C19H25NO4S2/c1-15(2)17(13-16-7-5-4-6-8-16)14-20-26(23,24)19-11-9-18(10-12-19)25(3,21)22/h4-12,15,17,20H,13-14H2,1-3H3. The van der Waals surface area contributed by atoms with Crippen molar-refractivity contribution in [1.82, 2.24) is 4.72 Å². The second-order valence-corrected chi connectivity index (χ2v) is 10.6. The average molecular weight is 396 g/mol. The number of hydrogen-bond donors (Lipinski definition) is 1. The normalized spacial score (nSPS) is 13.7. The fourth-order valence-electron chi connectivity index (χ4n) is 2.63. The van der Waals surface area contributed by atoms with Crippen LogP contribution in [0.25, 0.3) is 0 Å². The number of sulfone groups is 1. The Morgan fingerprint density at radius 2 is 1.38 bits per heavy atom. The van der Waals surface area contributed by atoms with Crippen molar-refractivity contribution in [2.75, 3.05) is 12.8 Å². The van der Waals surface area contributed by atoms with Crippen LogP contribution in [-0.4, -0.2) is 29.6 Å². The molecule has 2 aromatic rings. The molecule has 7 heteroatoms. The Morgan fingerprint density at radius 3 is 1.88 bits per heavy atom. The molecule has 142 valence electrons. The fraction of sp³-hybridized carbons (Fsp3) is 0.368. The maximum Gasteiger partial charge on any atom is 0.240 e. The molecule has 0 aliphatic heterocycles. The third kappa shape index (κ3) is 5.65. The summed E-state index contributed by atoms with van der Waals surface area (Å²) >= 11 is 0. The summed E-state index contributed by atoms with van der Waals surface area (Å²) in [5.41, 5.74) is 1.17. The summed E-state index contributed by atoms with van der Waals surface area (Å²) in [5.74, 6) is 0.466. The maximum absolute atomic E-state index is 12.5. The van der Waals surface area contributed by atoms with Gasteiger partial charge in [0.15, 0.2) is 9.84 Å². The highest BCUT2D eigenvalue weighted by Gasteiger charge is 2.20. The molecule has 1 atom stereocenters. The van der Waals surface area contributed by atoms with Gasteiger partial charge in [-0.05, 0) is 48.1 Å². The summed E-state index contributed by atoms with van der Waals surface area (Å²) in [4.78, 5) is 0.160. The van der Waals surface area contributed by atoms with E-state index in [4.69, 9.17) is 0 Å². The Balaban J connectivity index is 2.09. The molecule has 26 heavy (non-hydrogen) atoms. The van der Waals surface area contributed by atoms with Gasteiger partial charge in [0.05, 0.1) is 9.79 Å². The van der Waals surface area contributed by atoms with Gasteiger partial charge in [0, 0.05) is 12.8 Å². The predicted molar refractivity (Wildman–Crippen MR) is 103 cm³/mol. The first-order valence-electron chi connectivity index (χ1n) is 8.43. The van der Waals surface area contributed by atoms with E-state index in [0.717, 1.165) is 12.7 Å². The zero-order chi connectivity index (χ0) is 19.4. The number of hydrogen-bond acceptors (Lipinski definition) is 4. The highest BCUT2D eigenvalue weighted by Crippen LogP contribution is 2.19. The number of rotatable bonds is 8. The lowest BCUT2D eigenvalue weighted by molar-refractivity contribution is 0.379. The smallest absolute Gasteiger partial charge is 0.224 e. The molecule has 2 rings (SSSR count). The van der Waals surface area contributed by atoms with Crippen LogP contribution in [-0.2, 0) is 26.3 Å². The molecule has 0 bridgehead atoms. The Labute approximate surface area is 156 Å². The summed E-state index contributed by atoms with van der Waals surface area (Å²) in [5, 5.41) is 0. The quantitative estimate of drug-likeness (QED) is 0.745. The Hall–Kier alpha value is -1.70. The van der Waals surface area contributed by atoms with Crippen molar-refractivity contribution in [1.29, 1.82) is 0 Å². The number of benzene rings is 2. The zero-order valence-electron chi connectivity index (χ0n) is 15.2. The topological polar surface area (TPSA) is 80.3 Å². The van der Waals surface area contributed by atoms with Crippen LogP contribution in [0.1, 0.15) is 19.4 Å². The molecular formula is C19H25NO4S2. The molecular weight excluding hydrogens is 370 g/mol. The molecule has 0 fully saturated rings. The number of nitrogens with one attached hydrogen (secondary N) is 1. The van der Waals surface area contributed by atoms with E-state index >= 15 is 0 Å². The first-order valence-corrected chi connectivity index (χ1v) is 11.8. The van der Waals surface area contributed by atoms with Crippen molar-refractivity contribution in [3.63, 3.8) is 0 Å². The van der Waals surface area contributed by atoms with E-state index < -0.39 is 19.9 Å². The molecule has 1 N–H and O–H groups in total. The van der Waals surface area contributed by atoms with Crippen LogP contribution in [0, 0.1) is 11.8 Å². The second-order valence-electron chi connectivity index (χ2n) is 6.79. The van der Waals surface area contributed by atoms with Crippen molar-refractivity contribution in [2.24, 2.45) is 11.8 Å². The summed E-state index contributed by atoms with van der Waals surface area (Å²) in [7, 11) is -7.04. The second kappa shape index (κ2) is 8.33. The van der Waals surface area contributed by atoms with Gasteiger partial charge in [-0.15, -0.1) is 0 Å². The summed E-state index contributed by atoms with van der Waals surface area (Å²) < 4.78 is 50.7. The van der Waals surface area contributed by atoms with Crippen molar-refractivity contribution in [3.05, 3.63) is 60.2 Å². The van der Waals surface area contributed by atoms with Crippen molar-refractivity contribution < 1.29 is 16.8 Å². The van der Waals surface area contributed by atoms with Gasteiger partial charge in [-0.25, -0.2) is 21.6 Å². The lowest BCUT2D eigenvalue weighted by atomic mass is 9.89. The van der Waals surface area contributed by atoms with Gasteiger partial charge in [0.25, 0.3) is 0 Å². The first kappa shape index (κ1) is 20.6. The lowest BCUT2D eigenvalue weighted by Gasteiger charge is -2.21. The zero-order valence-corrected chi connectivity index (χ0v) is 16.8. The van der Waals surface area contributed by atoms with E-state index in [2.05, 4.69) is 18.6 Å². The van der Waals surface area contributed by atoms with E-state index in [0.29, 0.717) is 12.5 Å². The number of sulfonamides is 1. The molecule has 0 aliphatic rings. The monoisotopic (exact) mass is 395 g/mol. The van der Waals surface area contributed by atoms with Crippen LogP contribution >= 0.6 is 0 Å². The van der Waals surface area contributed by atoms with Crippen molar-refractivity contribution >= 4 is 19.9 Å². The lowest BCUT2D eigenvalue weighted by Crippen LogP contribution is -2.32. The predicted octanol–water partition coefficient (Wildman–Crippen LogP) is 2.88. The van der Waals surface area contributed by atoms with E-state index in [-0.39, 0.29) is 15.7 Å². The first-order chi connectivity index (χ1) is 12.1. The molecule has 2 aromatic carbocycles. The highest BCUT2D eigenvalue weighted by atomic mass is 32.2. The van der Waals surface area contributed by atoms with Crippen LogP contribution in [0.2, 0.25) is 0 Å². The molecule has 0 aromatic heterocycles. The molecule has 0 heterocycles. The van der Waals surface area contributed by atoms with Crippen LogP contribution in [0.5, 0.6) is 0 Å². The maximum atomic E-state index is 12.5. The third-order valence-corrected chi connectivity index (χ3v) is 6.95. The van der Waals surface area contributed by atoms with E-state index in [1.54, 1.807) is 0 Å². The molecule has 1 unspecified atom stereocenters. The van der Waals surface area contributed by atoms with Crippen molar-refractivity contribution in [3.8, 4) is 0 Å². The molecule has 5 nitrogen and oxygen atoms in total. The van der Waals surface area contributed by atoms with E-state index in [9.17, 15) is 16.8 Å². The van der Waals surface area contributed by atoms with Crippen LogP contribution in [0.15, 0.2) is 64.4 Å². The minimum atomic E-state index is -3.69. The van der Waals surface area contributed by atoms with Crippen molar-refractivity contribution in [2.45, 2.75) is 30.1 Å². The van der Waals surface area contributed by atoms with Gasteiger partial charge in [0.1, 0.15) is 0 Å². The molecule has 0 aliphatic carbocycles. The minimum Gasteiger partial charge on any atom is -0.224 e. The fourth-order valence-corrected chi connectivity index (χ4v) is 4.35. The van der Waals surface area contributed by atoms with Gasteiger partial charge in [0.2, 0.25) is 10.0 Å². The highest BCUT2D eigenvalue weighted by molar-refractivity contribution is 7.90. The van der Waals surface area contributed by atoms with E-state index in [1.807, 2.05) is 30.3 Å². The van der Waals surface area contributed by atoms with Crippen LogP contribution in [0.4, 0.5) is 0 Å². The molecule has 0 amide bonds. The van der Waals surface area contributed by atoms with Gasteiger partial charge in [-0.3, -0.25) is 0 Å². The molecule has 0 spiro atoms. The summed E-state index contributed by atoms with van der Waals surface area (Å²) in [6.07, 6.45) is 1.87. The van der Waals surface area contributed by atoms with Gasteiger partial charge in [-0.2, -0.15) is 0 Å². The Kier molecular flexibility index (Phi) is 6.60. The summed E-state index contributed by atoms with van der Waals surface area (Å²) in [6, 6.07) is 15.2. The van der Waals surface area contributed by atoms with Crippen LogP contribution < -0.4 is 4.72 Å².